The molecule has 0 aliphatic carbocycles. The summed E-state index contributed by atoms with van der Waals surface area (Å²) in [6.45, 7) is 10.2. The van der Waals surface area contributed by atoms with Gasteiger partial charge in [0.1, 0.15) is 0 Å². The van der Waals surface area contributed by atoms with Gasteiger partial charge in [-0.25, -0.2) is 0 Å². The SMILES string of the molecule is Cc1cccc(N2CCN(CC3CN(C)CCC3N)CC2)c1. The normalized spacial score (nSPS) is 28.0. The van der Waals surface area contributed by atoms with Gasteiger partial charge in [0.15, 0.2) is 0 Å². The van der Waals surface area contributed by atoms with Crippen LogP contribution in [0.15, 0.2) is 24.3 Å². The van der Waals surface area contributed by atoms with Crippen molar-refractivity contribution in [3.63, 3.8) is 0 Å². The quantitative estimate of drug-likeness (QED) is 0.915. The molecule has 1 aromatic rings. The lowest BCUT2D eigenvalue weighted by Crippen LogP contribution is -2.53. The number of aryl methyl sites for hydroxylation is 1. The standard InChI is InChI=1S/C18H30N4/c1-15-4-3-5-17(12-15)22-10-8-21(9-11-22)14-16-13-20(2)7-6-18(16)19/h3-5,12,16,18H,6-11,13-14,19H2,1-2H3. The molecule has 1 aromatic carbocycles. The lowest BCUT2D eigenvalue weighted by molar-refractivity contribution is 0.130. The number of piperidine rings is 1. The fourth-order valence-electron chi connectivity index (χ4n) is 3.77. The van der Waals surface area contributed by atoms with Crippen LogP contribution in [0.1, 0.15) is 12.0 Å². The Labute approximate surface area is 134 Å². The minimum atomic E-state index is 0.381. The molecule has 0 radical (unpaired) electrons. The van der Waals surface area contributed by atoms with Crippen molar-refractivity contribution in [1.82, 2.24) is 9.80 Å². The Morgan fingerprint density at radius 3 is 2.64 bits per heavy atom. The van der Waals surface area contributed by atoms with Crippen molar-refractivity contribution < 1.29 is 0 Å². The molecule has 3 rings (SSSR count). The Kier molecular flexibility index (Phi) is 5.01. The van der Waals surface area contributed by atoms with E-state index < -0.39 is 0 Å². The minimum absolute atomic E-state index is 0.381. The van der Waals surface area contributed by atoms with Crippen LogP contribution in [0.5, 0.6) is 0 Å². The van der Waals surface area contributed by atoms with E-state index in [0.29, 0.717) is 12.0 Å². The van der Waals surface area contributed by atoms with Crippen LogP contribution in [-0.4, -0.2) is 68.7 Å². The van der Waals surface area contributed by atoms with Gasteiger partial charge in [0.25, 0.3) is 0 Å². The zero-order valence-corrected chi connectivity index (χ0v) is 14.0. The summed E-state index contributed by atoms with van der Waals surface area (Å²) in [4.78, 5) is 7.55. The fraction of sp³-hybridized carbons (Fsp3) is 0.667. The summed E-state index contributed by atoms with van der Waals surface area (Å²) in [6.07, 6.45) is 1.14. The summed E-state index contributed by atoms with van der Waals surface area (Å²) in [6, 6.07) is 9.23. The van der Waals surface area contributed by atoms with E-state index in [9.17, 15) is 0 Å². The van der Waals surface area contributed by atoms with Crippen molar-refractivity contribution in [3.05, 3.63) is 29.8 Å². The molecule has 4 nitrogen and oxygen atoms in total. The van der Waals surface area contributed by atoms with Crippen molar-refractivity contribution >= 4 is 5.69 Å². The van der Waals surface area contributed by atoms with E-state index >= 15 is 0 Å². The second-order valence-corrected chi connectivity index (χ2v) is 7.10. The molecule has 122 valence electrons. The van der Waals surface area contributed by atoms with Crippen molar-refractivity contribution in [2.24, 2.45) is 11.7 Å². The molecule has 2 unspecified atom stereocenters. The number of anilines is 1. The van der Waals surface area contributed by atoms with Crippen LogP contribution >= 0.6 is 0 Å². The largest absolute Gasteiger partial charge is 0.369 e. The molecule has 0 saturated carbocycles. The van der Waals surface area contributed by atoms with Gasteiger partial charge in [-0.05, 0) is 50.6 Å². The summed E-state index contributed by atoms with van der Waals surface area (Å²) in [5.74, 6) is 0.629. The predicted octanol–water partition coefficient (Wildman–Crippen LogP) is 1.40. The molecule has 0 bridgehead atoms. The highest BCUT2D eigenvalue weighted by Gasteiger charge is 2.28. The highest BCUT2D eigenvalue weighted by molar-refractivity contribution is 5.48. The van der Waals surface area contributed by atoms with E-state index in [4.69, 9.17) is 5.73 Å². The smallest absolute Gasteiger partial charge is 0.0369 e. The number of hydrogen-bond donors (Lipinski definition) is 1. The number of benzene rings is 1. The Morgan fingerprint density at radius 1 is 1.14 bits per heavy atom. The molecule has 2 saturated heterocycles. The number of nitrogens with two attached hydrogens (primary N) is 1. The molecule has 0 amide bonds. The maximum atomic E-state index is 6.33. The van der Waals surface area contributed by atoms with E-state index in [1.165, 1.54) is 11.3 Å². The molecular weight excluding hydrogens is 272 g/mol. The Hall–Kier alpha value is -1.10. The summed E-state index contributed by atoms with van der Waals surface area (Å²) in [7, 11) is 2.22. The van der Waals surface area contributed by atoms with Crippen LogP contribution in [-0.2, 0) is 0 Å². The van der Waals surface area contributed by atoms with E-state index in [2.05, 4.69) is 52.9 Å². The Bertz CT molecular complexity index is 482. The third-order valence-corrected chi connectivity index (χ3v) is 5.23. The van der Waals surface area contributed by atoms with Gasteiger partial charge in [-0.2, -0.15) is 0 Å². The Morgan fingerprint density at radius 2 is 1.91 bits per heavy atom. The zero-order chi connectivity index (χ0) is 15.5. The maximum absolute atomic E-state index is 6.33. The topological polar surface area (TPSA) is 35.7 Å². The maximum Gasteiger partial charge on any atom is 0.0369 e. The summed E-state index contributed by atoms with van der Waals surface area (Å²) >= 11 is 0. The van der Waals surface area contributed by atoms with Crippen molar-refractivity contribution in [2.45, 2.75) is 19.4 Å². The van der Waals surface area contributed by atoms with E-state index in [1.807, 2.05) is 0 Å². The first-order valence-electron chi connectivity index (χ1n) is 8.60. The van der Waals surface area contributed by atoms with Crippen molar-refractivity contribution in [1.29, 1.82) is 0 Å². The number of likely N-dealkylation sites (tertiary alicyclic amines) is 1. The predicted molar refractivity (Wildman–Crippen MR) is 93.4 cm³/mol. The number of nitrogens with zero attached hydrogens (tertiary/aromatic N) is 3. The van der Waals surface area contributed by atoms with Gasteiger partial charge in [0, 0.05) is 51.0 Å². The van der Waals surface area contributed by atoms with Gasteiger partial charge in [-0.15, -0.1) is 0 Å². The fourth-order valence-corrected chi connectivity index (χ4v) is 3.77. The lowest BCUT2D eigenvalue weighted by Gasteiger charge is -2.41. The molecule has 0 spiro atoms. The molecule has 2 fully saturated rings. The monoisotopic (exact) mass is 302 g/mol. The molecule has 2 aliphatic heterocycles. The van der Waals surface area contributed by atoms with Gasteiger partial charge < -0.3 is 15.5 Å². The third kappa shape index (κ3) is 3.80. The van der Waals surface area contributed by atoms with E-state index in [-0.39, 0.29) is 0 Å². The number of piperazine rings is 1. The van der Waals surface area contributed by atoms with Crippen LogP contribution in [0.4, 0.5) is 5.69 Å². The first-order valence-corrected chi connectivity index (χ1v) is 8.60. The van der Waals surface area contributed by atoms with Crippen LogP contribution in [0, 0.1) is 12.8 Å². The van der Waals surface area contributed by atoms with Gasteiger partial charge in [0.05, 0.1) is 0 Å². The molecule has 0 aromatic heterocycles. The van der Waals surface area contributed by atoms with Crippen LogP contribution in [0.2, 0.25) is 0 Å². The first-order chi connectivity index (χ1) is 10.6. The van der Waals surface area contributed by atoms with Gasteiger partial charge >= 0.3 is 0 Å². The van der Waals surface area contributed by atoms with Crippen molar-refractivity contribution in [2.75, 3.05) is 57.8 Å². The molecule has 22 heavy (non-hydrogen) atoms. The van der Waals surface area contributed by atoms with Gasteiger partial charge in [-0.3, -0.25) is 4.90 Å². The van der Waals surface area contributed by atoms with E-state index in [0.717, 1.165) is 52.2 Å². The lowest BCUT2D eigenvalue weighted by atomic mass is 9.92. The van der Waals surface area contributed by atoms with E-state index in [1.54, 1.807) is 0 Å². The molecule has 2 aliphatic rings. The molecular formula is C18H30N4. The second-order valence-electron chi connectivity index (χ2n) is 7.10. The highest BCUT2D eigenvalue weighted by Crippen LogP contribution is 2.20. The summed E-state index contributed by atoms with van der Waals surface area (Å²) in [5.41, 5.74) is 9.04. The second kappa shape index (κ2) is 6.99. The van der Waals surface area contributed by atoms with Crippen LogP contribution in [0.25, 0.3) is 0 Å². The first kappa shape index (κ1) is 15.8. The summed E-state index contributed by atoms with van der Waals surface area (Å²) in [5, 5.41) is 0. The number of rotatable bonds is 3. The Balaban J connectivity index is 1.51. The third-order valence-electron chi connectivity index (χ3n) is 5.23. The van der Waals surface area contributed by atoms with Crippen molar-refractivity contribution in [3.8, 4) is 0 Å². The average molecular weight is 302 g/mol. The zero-order valence-electron chi connectivity index (χ0n) is 14.0. The molecule has 2 N–H and O–H groups in total. The summed E-state index contributed by atoms with van der Waals surface area (Å²) < 4.78 is 0. The van der Waals surface area contributed by atoms with Crippen LogP contribution in [0.3, 0.4) is 0 Å². The van der Waals surface area contributed by atoms with Gasteiger partial charge in [-0.1, -0.05) is 12.1 Å². The highest BCUT2D eigenvalue weighted by atomic mass is 15.3. The molecule has 2 heterocycles. The van der Waals surface area contributed by atoms with Crippen LogP contribution < -0.4 is 10.6 Å². The average Bonchev–Trinajstić information content (AvgIpc) is 2.52. The molecule has 4 heteroatoms. The number of hydrogen-bond acceptors (Lipinski definition) is 4. The molecule has 2 atom stereocenters. The minimum Gasteiger partial charge on any atom is -0.369 e. The van der Waals surface area contributed by atoms with Gasteiger partial charge in [0.2, 0.25) is 0 Å².